The van der Waals surface area contributed by atoms with Crippen molar-refractivity contribution in [3.63, 3.8) is 0 Å². The summed E-state index contributed by atoms with van der Waals surface area (Å²) < 4.78 is 24.6. The lowest BCUT2D eigenvalue weighted by molar-refractivity contribution is 0.156. The topological polar surface area (TPSA) is 28.2 Å². The Hall–Kier alpha value is -0.750. The average Bonchev–Trinajstić information content (AvgIpc) is 2.62. The molecular weight excluding hydrogens is 244 g/mol. The molecule has 0 aromatic carbocycles. The molecule has 3 nitrogen and oxygen atoms in total. The fourth-order valence-electron chi connectivity index (χ4n) is 1.55. The zero-order valence-electron chi connectivity index (χ0n) is 10.5. The van der Waals surface area contributed by atoms with E-state index in [-0.39, 0.29) is 6.54 Å². The van der Waals surface area contributed by atoms with Crippen molar-refractivity contribution in [2.45, 2.75) is 32.7 Å². The second-order valence-electron chi connectivity index (χ2n) is 3.92. The Bertz CT molecular complexity index is 318. The second-order valence-corrected chi connectivity index (χ2v) is 4.98. The number of hydrogen-bond donors (Lipinski definition) is 1. The van der Waals surface area contributed by atoms with Gasteiger partial charge in [0, 0.05) is 18.5 Å². The lowest BCUT2D eigenvalue weighted by Gasteiger charge is -2.14. The highest BCUT2D eigenvalue weighted by Gasteiger charge is 2.15. The predicted octanol–water partition coefficient (Wildman–Crippen LogP) is 2.52. The van der Waals surface area contributed by atoms with Crippen LogP contribution in [0.5, 0.6) is 0 Å². The van der Waals surface area contributed by atoms with Gasteiger partial charge in [0.05, 0.1) is 12.2 Å². The van der Waals surface area contributed by atoms with Gasteiger partial charge in [-0.3, -0.25) is 0 Å². The van der Waals surface area contributed by atoms with Crippen molar-refractivity contribution < 1.29 is 8.78 Å². The normalized spacial score (nSPS) is 11.2. The van der Waals surface area contributed by atoms with Crippen LogP contribution in [0.1, 0.15) is 23.9 Å². The van der Waals surface area contributed by atoms with E-state index in [1.54, 1.807) is 7.05 Å². The third kappa shape index (κ3) is 4.20. The number of nitrogens with one attached hydrogen (secondary N) is 1. The molecule has 0 amide bonds. The Morgan fingerprint density at radius 2 is 2.18 bits per heavy atom. The summed E-state index contributed by atoms with van der Waals surface area (Å²) >= 11 is 1.49. The van der Waals surface area contributed by atoms with E-state index in [1.165, 1.54) is 16.2 Å². The third-order valence-electron chi connectivity index (χ3n) is 2.33. The molecule has 0 saturated carbocycles. The molecule has 1 rings (SSSR count). The largest absolute Gasteiger partial charge is 0.345 e. The monoisotopic (exact) mass is 263 g/mol. The van der Waals surface area contributed by atoms with Crippen molar-refractivity contribution in [1.29, 1.82) is 0 Å². The molecule has 1 heterocycles. The van der Waals surface area contributed by atoms with E-state index in [9.17, 15) is 8.78 Å². The van der Waals surface area contributed by atoms with Crippen LogP contribution in [-0.2, 0) is 13.0 Å². The number of nitrogens with zero attached hydrogens (tertiary/aromatic N) is 2. The van der Waals surface area contributed by atoms with Gasteiger partial charge in [0.2, 0.25) is 0 Å². The molecule has 17 heavy (non-hydrogen) atoms. The molecule has 0 atom stereocenters. The van der Waals surface area contributed by atoms with E-state index in [2.05, 4.69) is 17.2 Å². The SMILES string of the molecule is CCCc1nc(N(C)CC(F)F)sc1CNC. The molecule has 0 bridgehead atoms. The van der Waals surface area contributed by atoms with E-state index in [0.29, 0.717) is 5.13 Å². The summed E-state index contributed by atoms with van der Waals surface area (Å²) in [5, 5.41) is 3.76. The lowest BCUT2D eigenvalue weighted by Crippen LogP contribution is -2.23. The van der Waals surface area contributed by atoms with Crippen molar-refractivity contribution in [2.24, 2.45) is 0 Å². The zero-order chi connectivity index (χ0) is 12.8. The van der Waals surface area contributed by atoms with Gasteiger partial charge in [-0.2, -0.15) is 0 Å². The quantitative estimate of drug-likeness (QED) is 0.819. The number of alkyl halides is 2. The molecule has 0 spiro atoms. The summed E-state index contributed by atoms with van der Waals surface area (Å²) in [5.74, 6) is 0. The maximum atomic E-state index is 12.3. The molecule has 0 saturated heterocycles. The number of aromatic nitrogens is 1. The van der Waals surface area contributed by atoms with E-state index >= 15 is 0 Å². The molecule has 0 radical (unpaired) electrons. The van der Waals surface area contributed by atoms with Gasteiger partial charge in [0.1, 0.15) is 0 Å². The second kappa shape index (κ2) is 6.86. The van der Waals surface area contributed by atoms with Crippen molar-refractivity contribution in [1.82, 2.24) is 10.3 Å². The van der Waals surface area contributed by atoms with E-state index in [0.717, 1.165) is 30.0 Å². The number of aryl methyl sites for hydroxylation is 1. The van der Waals surface area contributed by atoms with Crippen LogP contribution in [0.4, 0.5) is 13.9 Å². The van der Waals surface area contributed by atoms with E-state index in [4.69, 9.17) is 0 Å². The first kappa shape index (κ1) is 14.3. The first-order valence-electron chi connectivity index (χ1n) is 5.70. The number of rotatable bonds is 7. The number of anilines is 1. The summed E-state index contributed by atoms with van der Waals surface area (Å²) in [5.41, 5.74) is 1.03. The molecule has 0 aliphatic heterocycles. The summed E-state index contributed by atoms with van der Waals surface area (Å²) in [6.45, 7) is 2.57. The Labute approximate surface area is 105 Å². The lowest BCUT2D eigenvalue weighted by atomic mass is 10.2. The highest BCUT2D eigenvalue weighted by Crippen LogP contribution is 2.26. The minimum Gasteiger partial charge on any atom is -0.345 e. The van der Waals surface area contributed by atoms with Crippen LogP contribution >= 0.6 is 11.3 Å². The van der Waals surface area contributed by atoms with Gasteiger partial charge >= 0.3 is 0 Å². The number of thiazole rings is 1. The van der Waals surface area contributed by atoms with Crippen LogP contribution in [0, 0.1) is 0 Å². The van der Waals surface area contributed by atoms with Crippen LogP contribution < -0.4 is 10.2 Å². The standard InChI is InChI=1S/C11H19F2N3S/c1-4-5-8-9(6-14-2)17-11(15-8)16(3)7-10(12)13/h10,14H,4-7H2,1-3H3. The van der Waals surface area contributed by atoms with Crippen LogP contribution in [0.15, 0.2) is 0 Å². The Morgan fingerprint density at radius 1 is 1.47 bits per heavy atom. The third-order valence-corrected chi connectivity index (χ3v) is 3.54. The minimum atomic E-state index is -2.33. The van der Waals surface area contributed by atoms with Crippen molar-refractivity contribution >= 4 is 16.5 Å². The maximum absolute atomic E-state index is 12.3. The maximum Gasteiger partial charge on any atom is 0.255 e. The molecule has 1 aromatic rings. The van der Waals surface area contributed by atoms with Gasteiger partial charge in [-0.05, 0) is 13.5 Å². The minimum absolute atomic E-state index is 0.266. The van der Waals surface area contributed by atoms with E-state index < -0.39 is 6.43 Å². The van der Waals surface area contributed by atoms with Crippen molar-refractivity contribution in [3.05, 3.63) is 10.6 Å². The van der Waals surface area contributed by atoms with Crippen molar-refractivity contribution in [2.75, 3.05) is 25.5 Å². The highest BCUT2D eigenvalue weighted by atomic mass is 32.1. The Morgan fingerprint density at radius 3 is 2.71 bits per heavy atom. The van der Waals surface area contributed by atoms with Crippen LogP contribution in [0.2, 0.25) is 0 Å². The Balaban J connectivity index is 2.82. The summed E-state index contributed by atoms with van der Waals surface area (Å²) in [4.78, 5) is 7.11. The molecule has 0 aliphatic rings. The van der Waals surface area contributed by atoms with Gasteiger partial charge < -0.3 is 10.2 Å². The number of hydrogen-bond acceptors (Lipinski definition) is 4. The van der Waals surface area contributed by atoms with Gasteiger partial charge in [-0.1, -0.05) is 13.3 Å². The smallest absolute Gasteiger partial charge is 0.255 e. The van der Waals surface area contributed by atoms with Crippen LogP contribution in [0.25, 0.3) is 0 Å². The molecule has 6 heteroatoms. The molecule has 1 aromatic heterocycles. The summed E-state index contributed by atoms with van der Waals surface area (Å²) in [7, 11) is 3.53. The zero-order valence-corrected chi connectivity index (χ0v) is 11.3. The van der Waals surface area contributed by atoms with Crippen LogP contribution in [0.3, 0.4) is 0 Å². The molecule has 98 valence electrons. The average molecular weight is 263 g/mol. The predicted molar refractivity (Wildman–Crippen MR) is 68.1 cm³/mol. The molecule has 0 aliphatic carbocycles. The molecule has 1 N–H and O–H groups in total. The van der Waals surface area contributed by atoms with Gasteiger partial charge in [0.15, 0.2) is 5.13 Å². The fourth-order valence-corrected chi connectivity index (χ4v) is 2.64. The van der Waals surface area contributed by atoms with Crippen LogP contribution in [-0.4, -0.2) is 32.0 Å². The van der Waals surface area contributed by atoms with Gasteiger partial charge in [0.25, 0.3) is 6.43 Å². The summed E-state index contributed by atoms with van der Waals surface area (Å²) in [6, 6.07) is 0. The fraction of sp³-hybridized carbons (Fsp3) is 0.727. The molecule has 0 fully saturated rings. The Kier molecular flexibility index (Phi) is 5.77. The van der Waals surface area contributed by atoms with Gasteiger partial charge in [-0.25, -0.2) is 13.8 Å². The summed E-state index contributed by atoms with van der Waals surface area (Å²) in [6.07, 6.45) is -0.416. The van der Waals surface area contributed by atoms with Crippen molar-refractivity contribution in [3.8, 4) is 0 Å². The first-order valence-corrected chi connectivity index (χ1v) is 6.52. The molecule has 0 unspecified atom stereocenters. The van der Waals surface area contributed by atoms with Gasteiger partial charge in [-0.15, -0.1) is 11.3 Å². The number of halogens is 2. The highest BCUT2D eigenvalue weighted by molar-refractivity contribution is 7.15. The first-order chi connectivity index (χ1) is 8.08. The molecular formula is C11H19F2N3S. The van der Waals surface area contributed by atoms with E-state index in [1.807, 2.05) is 7.05 Å².